The highest BCUT2D eigenvalue weighted by molar-refractivity contribution is 5.93. The number of nitrogens with one attached hydrogen (secondary N) is 1. The van der Waals surface area contributed by atoms with Crippen molar-refractivity contribution in [2.24, 2.45) is 7.05 Å². The molecule has 0 atom stereocenters. The number of aromatic nitrogens is 4. The van der Waals surface area contributed by atoms with Gasteiger partial charge in [0.05, 0.1) is 32.5 Å². The maximum Gasteiger partial charge on any atom is 0.203 e. The van der Waals surface area contributed by atoms with Crippen LogP contribution in [-0.2, 0) is 7.05 Å². The third-order valence-corrected chi connectivity index (χ3v) is 5.50. The zero-order valence-corrected chi connectivity index (χ0v) is 17.8. The molecule has 0 radical (unpaired) electrons. The molecule has 3 aromatic heterocycles. The Kier molecular flexibility index (Phi) is 4.51. The van der Waals surface area contributed by atoms with Crippen LogP contribution in [0.5, 0.6) is 17.2 Å². The Morgan fingerprint density at radius 2 is 1.65 bits per heavy atom. The number of imidazole rings is 1. The van der Waals surface area contributed by atoms with Crippen molar-refractivity contribution in [2.75, 3.05) is 21.3 Å². The molecule has 156 valence electrons. The number of aryl methyl sites for hydroxylation is 1. The number of fused-ring (bicyclic) bond motifs is 2. The van der Waals surface area contributed by atoms with E-state index in [0.717, 1.165) is 33.7 Å². The summed E-state index contributed by atoms with van der Waals surface area (Å²) in [5.41, 5.74) is 5.45. The van der Waals surface area contributed by atoms with Gasteiger partial charge in [-0.05, 0) is 42.5 Å². The van der Waals surface area contributed by atoms with Crippen LogP contribution in [0, 0.1) is 0 Å². The highest BCUT2D eigenvalue weighted by atomic mass is 16.5. The van der Waals surface area contributed by atoms with E-state index in [-0.39, 0.29) is 0 Å². The summed E-state index contributed by atoms with van der Waals surface area (Å²) < 4.78 is 18.6. The van der Waals surface area contributed by atoms with Gasteiger partial charge in [0.2, 0.25) is 5.75 Å². The quantitative estimate of drug-likeness (QED) is 0.447. The number of hydrogen-bond donors (Lipinski definition) is 1. The molecule has 1 N–H and O–H groups in total. The van der Waals surface area contributed by atoms with Crippen LogP contribution in [0.2, 0.25) is 0 Å². The fourth-order valence-corrected chi connectivity index (χ4v) is 3.93. The molecule has 0 saturated carbocycles. The summed E-state index contributed by atoms with van der Waals surface area (Å²) in [4.78, 5) is 12.9. The smallest absolute Gasteiger partial charge is 0.203 e. The lowest BCUT2D eigenvalue weighted by molar-refractivity contribution is 0.324. The van der Waals surface area contributed by atoms with Crippen LogP contribution in [0.1, 0.15) is 0 Å². The third-order valence-electron chi connectivity index (χ3n) is 5.50. The molecule has 7 heteroatoms. The predicted octanol–water partition coefficient (Wildman–Crippen LogP) is 4.81. The van der Waals surface area contributed by atoms with Gasteiger partial charge >= 0.3 is 0 Å². The molecule has 0 bridgehead atoms. The van der Waals surface area contributed by atoms with Crippen molar-refractivity contribution in [2.45, 2.75) is 0 Å². The van der Waals surface area contributed by atoms with E-state index in [2.05, 4.69) is 45.0 Å². The van der Waals surface area contributed by atoms with Crippen LogP contribution in [0.4, 0.5) is 0 Å². The molecule has 0 unspecified atom stereocenters. The van der Waals surface area contributed by atoms with Crippen LogP contribution in [0.15, 0.2) is 54.9 Å². The monoisotopic (exact) mass is 414 g/mol. The molecule has 3 heterocycles. The summed E-state index contributed by atoms with van der Waals surface area (Å²) in [6.07, 6.45) is 3.82. The predicted molar refractivity (Wildman–Crippen MR) is 121 cm³/mol. The fraction of sp³-hybridized carbons (Fsp3) is 0.167. The first-order valence-electron chi connectivity index (χ1n) is 9.83. The number of aromatic amines is 1. The fourth-order valence-electron chi connectivity index (χ4n) is 3.93. The number of methoxy groups -OCH3 is 3. The second kappa shape index (κ2) is 7.36. The van der Waals surface area contributed by atoms with Crippen LogP contribution >= 0.6 is 0 Å². The summed E-state index contributed by atoms with van der Waals surface area (Å²) in [6, 6.07) is 14.1. The second-order valence-corrected chi connectivity index (χ2v) is 7.26. The maximum atomic E-state index is 5.51. The average molecular weight is 414 g/mol. The van der Waals surface area contributed by atoms with Gasteiger partial charge in [-0.1, -0.05) is 0 Å². The maximum absolute atomic E-state index is 5.51. The lowest BCUT2D eigenvalue weighted by atomic mass is 10.1. The van der Waals surface area contributed by atoms with E-state index in [1.54, 1.807) is 27.5 Å². The van der Waals surface area contributed by atoms with Crippen LogP contribution in [0.3, 0.4) is 0 Å². The number of nitrogens with zero attached hydrogens (tertiary/aromatic N) is 3. The van der Waals surface area contributed by atoms with Gasteiger partial charge in [-0.2, -0.15) is 0 Å². The van der Waals surface area contributed by atoms with Gasteiger partial charge in [0.15, 0.2) is 11.5 Å². The Morgan fingerprint density at radius 1 is 0.871 bits per heavy atom. The summed E-state index contributed by atoms with van der Waals surface area (Å²) >= 11 is 0. The normalized spacial score (nSPS) is 11.2. The van der Waals surface area contributed by atoms with E-state index in [1.165, 1.54) is 10.9 Å². The Labute approximate surface area is 179 Å². The van der Waals surface area contributed by atoms with Gasteiger partial charge < -0.3 is 23.8 Å². The number of hydrogen-bond acceptors (Lipinski definition) is 5. The highest BCUT2D eigenvalue weighted by Crippen LogP contribution is 2.42. The van der Waals surface area contributed by atoms with Gasteiger partial charge in [-0.3, -0.25) is 4.98 Å². The van der Waals surface area contributed by atoms with Gasteiger partial charge in [-0.15, -0.1) is 0 Å². The minimum absolute atomic E-state index is 0.541. The summed E-state index contributed by atoms with van der Waals surface area (Å²) in [6.45, 7) is 0. The van der Waals surface area contributed by atoms with E-state index in [9.17, 15) is 0 Å². The molecule has 5 rings (SSSR count). The molecule has 2 aromatic carbocycles. The van der Waals surface area contributed by atoms with Crippen molar-refractivity contribution in [3.63, 3.8) is 0 Å². The summed E-state index contributed by atoms with van der Waals surface area (Å²) in [7, 11) is 6.82. The highest BCUT2D eigenvalue weighted by Gasteiger charge is 2.18. The summed E-state index contributed by atoms with van der Waals surface area (Å²) in [5, 5.41) is 1.17. The minimum atomic E-state index is 0.541. The lowest BCUT2D eigenvalue weighted by Crippen LogP contribution is -1.96. The van der Waals surface area contributed by atoms with E-state index in [0.29, 0.717) is 17.2 Å². The molecule has 7 nitrogen and oxygen atoms in total. The van der Waals surface area contributed by atoms with Gasteiger partial charge in [-0.25, -0.2) is 4.98 Å². The van der Waals surface area contributed by atoms with Crippen LogP contribution < -0.4 is 14.2 Å². The van der Waals surface area contributed by atoms with Crippen molar-refractivity contribution in [1.29, 1.82) is 0 Å². The largest absolute Gasteiger partial charge is 0.493 e. The first kappa shape index (κ1) is 19.0. The van der Waals surface area contributed by atoms with Crippen LogP contribution in [0.25, 0.3) is 44.6 Å². The zero-order chi connectivity index (χ0) is 21.5. The van der Waals surface area contributed by atoms with Crippen molar-refractivity contribution < 1.29 is 14.2 Å². The number of pyridine rings is 1. The number of ether oxygens (including phenoxy) is 3. The molecular formula is C24H22N4O3. The molecule has 0 aliphatic carbocycles. The Morgan fingerprint density at radius 3 is 2.35 bits per heavy atom. The molecule has 0 spiro atoms. The Balaban J connectivity index is 1.66. The first-order valence-corrected chi connectivity index (χ1v) is 9.83. The SMILES string of the molecule is COc1cc(-c2nccc3[nH]c(-c4ccc5c(ccn5C)c4)nc23)cc(OC)c1OC. The van der Waals surface area contributed by atoms with E-state index < -0.39 is 0 Å². The van der Waals surface area contributed by atoms with Gasteiger partial charge in [0.1, 0.15) is 11.3 Å². The number of rotatable bonds is 5. The molecule has 0 aliphatic rings. The topological polar surface area (TPSA) is 74.2 Å². The van der Waals surface area contributed by atoms with Crippen molar-refractivity contribution >= 4 is 21.9 Å². The molecular weight excluding hydrogens is 392 g/mol. The van der Waals surface area contributed by atoms with Gasteiger partial charge in [0, 0.05) is 41.5 Å². The van der Waals surface area contributed by atoms with Crippen molar-refractivity contribution in [1.82, 2.24) is 19.5 Å². The van der Waals surface area contributed by atoms with Crippen molar-refractivity contribution in [3.05, 3.63) is 54.9 Å². The molecule has 0 amide bonds. The van der Waals surface area contributed by atoms with Gasteiger partial charge in [0.25, 0.3) is 0 Å². The molecule has 0 saturated heterocycles. The Hall–Kier alpha value is -4.00. The number of benzene rings is 2. The zero-order valence-electron chi connectivity index (χ0n) is 17.8. The van der Waals surface area contributed by atoms with Crippen LogP contribution in [-0.4, -0.2) is 40.8 Å². The molecule has 0 fully saturated rings. The average Bonchev–Trinajstić information content (AvgIpc) is 3.41. The Bertz CT molecular complexity index is 1390. The lowest BCUT2D eigenvalue weighted by Gasteiger charge is -2.14. The van der Waals surface area contributed by atoms with E-state index in [1.807, 2.05) is 25.2 Å². The first-order chi connectivity index (χ1) is 15.1. The standard InChI is InChI=1S/C24H22N4O3/c1-28-10-8-14-11-15(5-6-18(14)28)24-26-17-7-9-25-21(22(17)27-24)16-12-19(29-2)23(31-4)20(13-16)30-3/h5-13H,1-4H3,(H,26,27). The van der Waals surface area contributed by atoms with E-state index >= 15 is 0 Å². The van der Waals surface area contributed by atoms with E-state index in [4.69, 9.17) is 19.2 Å². The number of H-pyrrole nitrogens is 1. The minimum Gasteiger partial charge on any atom is -0.493 e. The molecule has 31 heavy (non-hydrogen) atoms. The summed E-state index contributed by atoms with van der Waals surface area (Å²) in [5.74, 6) is 2.48. The van der Waals surface area contributed by atoms with Crippen molar-refractivity contribution in [3.8, 4) is 39.9 Å². The third kappa shape index (κ3) is 3.06. The molecule has 5 aromatic rings. The second-order valence-electron chi connectivity index (χ2n) is 7.26. The molecule has 0 aliphatic heterocycles.